The van der Waals surface area contributed by atoms with Crippen molar-refractivity contribution < 1.29 is 69.9 Å². The first-order valence-corrected chi connectivity index (χ1v) is 20.7. The Morgan fingerprint density at radius 1 is 0.839 bits per heavy atom. The van der Waals surface area contributed by atoms with Gasteiger partial charge in [0.05, 0.1) is 31.0 Å². The van der Waals surface area contributed by atoms with Crippen molar-refractivity contribution >= 4 is 0 Å². The summed E-state index contributed by atoms with van der Waals surface area (Å²) < 4.78 is 25.1. The van der Waals surface area contributed by atoms with Crippen molar-refractivity contribution in [3.63, 3.8) is 0 Å². The molecule has 2 aliphatic heterocycles. The molecule has 0 bridgehead atoms. The first-order valence-electron chi connectivity index (χ1n) is 20.7. The normalized spacial score (nSPS) is 52.0. The highest BCUT2D eigenvalue weighted by Gasteiger charge is 2.73. The third-order valence-corrected chi connectivity index (χ3v) is 16.1. The first kappa shape index (κ1) is 44.5. The molecule has 0 spiro atoms. The Kier molecular flexibility index (Phi) is 12.8. The minimum Gasteiger partial charge on any atom is -0.394 e. The fourth-order valence-electron chi connectivity index (χ4n) is 13.1. The smallest absolute Gasteiger partial charge is 0.187 e. The second-order valence-corrected chi connectivity index (χ2v) is 19.8. The Labute approximate surface area is 331 Å². The number of allylic oxidation sites excluding steroid dienone is 1. The lowest BCUT2D eigenvalue weighted by Gasteiger charge is -2.72. The van der Waals surface area contributed by atoms with Gasteiger partial charge in [0.2, 0.25) is 0 Å². The van der Waals surface area contributed by atoms with Crippen LogP contribution in [0.25, 0.3) is 0 Å². The molecule has 6 rings (SSSR count). The van der Waals surface area contributed by atoms with Crippen molar-refractivity contribution in [1.29, 1.82) is 0 Å². The first-order chi connectivity index (χ1) is 26.1. The maximum absolute atomic E-state index is 12.3. The van der Waals surface area contributed by atoms with Gasteiger partial charge in [0.25, 0.3) is 0 Å². The molecule has 0 aromatic rings. The second-order valence-electron chi connectivity index (χ2n) is 19.8. The van der Waals surface area contributed by atoms with Crippen LogP contribution in [0, 0.1) is 45.3 Å². The highest BCUT2D eigenvalue weighted by atomic mass is 17.1. The zero-order valence-corrected chi connectivity index (χ0v) is 34.4. The largest absolute Gasteiger partial charge is 0.394 e. The molecule has 3 unspecified atom stereocenters. The fraction of sp³-hybridized carbons (Fsp3) is 0.905. The molecule has 0 aromatic heterocycles. The van der Waals surface area contributed by atoms with Crippen LogP contribution in [0.1, 0.15) is 100 Å². The lowest BCUT2D eigenvalue weighted by atomic mass is 9.34. The number of ether oxygens (including phenoxy) is 4. The number of aliphatic hydroxyl groups is 8. The SMILES string of the molecule is C=C(CC(C=C(C)C)OO)[C@H]1CC[C@]2(C)[C@@H]1[C@H](O)CC1[C@@]3(C)CC[C@H](O)C(C)(C)C3[C@@H](O[C@@H]3O[C@H](CO)[C@@H](O)[C@H](O)[C@H]3O[C@@H]3O[C@@H](C)[C@H](O)[C@@H](O)[C@H]3O)C[C@]12C. The van der Waals surface area contributed by atoms with E-state index in [1.807, 2.05) is 33.8 Å². The molecule has 21 atom stereocenters. The molecule has 9 N–H and O–H groups in total. The van der Waals surface area contributed by atoms with E-state index in [2.05, 4.69) is 27.4 Å². The number of hydrogen-bond acceptors (Lipinski definition) is 14. The minimum atomic E-state index is -1.70. The van der Waals surface area contributed by atoms with Crippen molar-refractivity contribution in [2.75, 3.05) is 6.61 Å². The fourth-order valence-corrected chi connectivity index (χ4v) is 13.1. The standard InChI is InChI=1S/C42H70O14/c1-19(2)14-22(56-51)15-20(3)23-10-13-41(8)29(23)24(44)16-27-40(7)12-11-28(45)39(5,6)36(40)25(17-42(27,41)9)53-38-35(33(49)31(47)26(18-43)54-38)55-37-34(50)32(48)30(46)21(4)52-37/h14,21-38,43-51H,3,10-13,15-18H2,1-2,4-9H3/t21-,22?,23+,24+,25-,26+,27?,28-,29-,30-,31+,32+,33-,34+,35+,36?,37-,38+,40+,41+,42+/m0/s1. The van der Waals surface area contributed by atoms with E-state index in [4.69, 9.17) is 23.8 Å². The quantitative estimate of drug-likeness (QED) is 0.0670. The van der Waals surface area contributed by atoms with Gasteiger partial charge >= 0.3 is 0 Å². The van der Waals surface area contributed by atoms with E-state index in [0.717, 1.165) is 24.0 Å². The van der Waals surface area contributed by atoms with Gasteiger partial charge < -0.3 is 59.8 Å². The van der Waals surface area contributed by atoms with E-state index in [1.165, 1.54) is 6.92 Å². The van der Waals surface area contributed by atoms with Crippen molar-refractivity contribution in [2.45, 2.75) is 186 Å². The maximum Gasteiger partial charge on any atom is 0.187 e. The average molecular weight is 799 g/mol. The monoisotopic (exact) mass is 798 g/mol. The molecule has 0 aromatic carbocycles. The van der Waals surface area contributed by atoms with Crippen LogP contribution in [0.4, 0.5) is 0 Å². The summed E-state index contributed by atoms with van der Waals surface area (Å²) in [5.74, 6) is -0.412. The molecular formula is C42H70O14. The summed E-state index contributed by atoms with van der Waals surface area (Å²) in [4.78, 5) is 4.83. The summed E-state index contributed by atoms with van der Waals surface area (Å²) in [6, 6.07) is 0. The Morgan fingerprint density at radius 3 is 2.14 bits per heavy atom. The molecule has 14 heteroatoms. The summed E-state index contributed by atoms with van der Waals surface area (Å²) in [6.45, 7) is 20.1. The van der Waals surface area contributed by atoms with Crippen molar-refractivity contribution in [2.24, 2.45) is 45.3 Å². The lowest BCUT2D eigenvalue weighted by molar-refractivity contribution is -0.381. The summed E-state index contributed by atoms with van der Waals surface area (Å²) in [5.41, 5.74) is -0.00991. The summed E-state index contributed by atoms with van der Waals surface area (Å²) in [7, 11) is 0. The van der Waals surface area contributed by atoms with E-state index in [1.54, 1.807) is 0 Å². The molecule has 4 saturated carbocycles. The van der Waals surface area contributed by atoms with Crippen molar-refractivity contribution in [3.05, 3.63) is 23.8 Å². The van der Waals surface area contributed by atoms with Gasteiger partial charge in [0.1, 0.15) is 48.8 Å². The molecular weight excluding hydrogens is 728 g/mol. The van der Waals surface area contributed by atoms with Crippen LogP contribution in [0.2, 0.25) is 0 Å². The summed E-state index contributed by atoms with van der Waals surface area (Å²) in [6.07, 6.45) is -10.8. The molecule has 4 aliphatic carbocycles. The van der Waals surface area contributed by atoms with Gasteiger partial charge in [-0.15, -0.1) is 0 Å². The van der Waals surface area contributed by atoms with Gasteiger partial charge in [-0.05, 0) is 105 Å². The Morgan fingerprint density at radius 2 is 1.52 bits per heavy atom. The van der Waals surface area contributed by atoms with Crippen molar-refractivity contribution in [3.8, 4) is 0 Å². The van der Waals surface area contributed by atoms with Crippen LogP contribution < -0.4 is 0 Å². The molecule has 2 saturated heterocycles. The predicted molar refractivity (Wildman–Crippen MR) is 202 cm³/mol. The topological polar surface area (TPSA) is 228 Å². The van der Waals surface area contributed by atoms with E-state index in [9.17, 15) is 46.1 Å². The number of aliphatic hydroxyl groups excluding tert-OH is 8. The second kappa shape index (κ2) is 16.1. The molecule has 6 aliphatic rings. The van der Waals surface area contributed by atoms with Crippen LogP contribution in [0.3, 0.4) is 0 Å². The van der Waals surface area contributed by atoms with Gasteiger partial charge in [-0.25, -0.2) is 4.89 Å². The van der Waals surface area contributed by atoms with Gasteiger partial charge in [0.15, 0.2) is 12.6 Å². The minimum absolute atomic E-state index is 0.0231. The molecule has 322 valence electrons. The Hall–Kier alpha value is -1.08. The average Bonchev–Trinajstić information content (AvgIpc) is 3.51. The number of hydrogen-bond donors (Lipinski definition) is 9. The van der Waals surface area contributed by atoms with Crippen molar-refractivity contribution in [1.82, 2.24) is 0 Å². The molecule has 56 heavy (non-hydrogen) atoms. The molecule has 6 fully saturated rings. The van der Waals surface area contributed by atoms with E-state index in [0.29, 0.717) is 32.1 Å². The number of rotatable bonds is 10. The zero-order valence-electron chi connectivity index (χ0n) is 34.4. The highest BCUT2D eigenvalue weighted by Crippen LogP contribution is 2.76. The third-order valence-electron chi connectivity index (χ3n) is 16.1. The highest BCUT2D eigenvalue weighted by molar-refractivity contribution is 5.24. The van der Waals surface area contributed by atoms with Crippen LogP contribution in [-0.4, -0.2) is 139 Å². The maximum atomic E-state index is 12.3. The van der Waals surface area contributed by atoms with Crippen LogP contribution in [0.15, 0.2) is 23.8 Å². The Bertz CT molecular complexity index is 1440. The molecule has 0 amide bonds. The van der Waals surface area contributed by atoms with Gasteiger partial charge in [-0.1, -0.05) is 58.4 Å². The predicted octanol–water partition coefficient (Wildman–Crippen LogP) is 2.42. The zero-order chi connectivity index (χ0) is 41.4. The molecule has 2 heterocycles. The lowest BCUT2D eigenvalue weighted by Crippen LogP contribution is -2.71. The van der Waals surface area contributed by atoms with Crippen LogP contribution in [0.5, 0.6) is 0 Å². The van der Waals surface area contributed by atoms with Gasteiger partial charge in [-0.3, -0.25) is 5.26 Å². The molecule has 0 radical (unpaired) electrons. The van der Waals surface area contributed by atoms with Gasteiger partial charge in [0, 0.05) is 6.42 Å². The Balaban J connectivity index is 1.38. The van der Waals surface area contributed by atoms with Crippen LogP contribution >= 0.6 is 0 Å². The van der Waals surface area contributed by atoms with E-state index < -0.39 is 114 Å². The van der Waals surface area contributed by atoms with E-state index in [-0.39, 0.29) is 23.7 Å². The summed E-state index contributed by atoms with van der Waals surface area (Å²) in [5, 5.41) is 98.0. The summed E-state index contributed by atoms with van der Waals surface area (Å²) >= 11 is 0. The third kappa shape index (κ3) is 7.18. The van der Waals surface area contributed by atoms with E-state index >= 15 is 0 Å². The number of fused-ring (bicyclic) bond motifs is 5. The van der Waals surface area contributed by atoms with Crippen LogP contribution in [-0.2, 0) is 23.8 Å². The van der Waals surface area contributed by atoms with Gasteiger partial charge in [-0.2, -0.15) is 0 Å². The molecule has 14 nitrogen and oxygen atoms in total.